The standard InChI is InChI=1S/C40H66O9/c1-3-5-7-9-11-13-15-16-17-18-19-21-23-25-27-29-36(42)48-34(33-47-40-39(45)38(44)37(43)35(31-41)49-40)32-46-30-28-26-24-22-20-14-12-10-8-6-4-2/h5,7-8,10-11,13,16-17,19,21,25,27,34-35,37-41,43-45H,3-4,6,9,12,14-15,18,20,22-24,26,28-33H2,1-2H3/b7-5-,10-8-,13-11-,17-16-,21-19-,27-25-. The van der Waals surface area contributed by atoms with Gasteiger partial charge in [0.25, 0.3) is 0 Å². The highest BCUT2D eigenvalue weighted by Gasteiger charge is 2.44. The number of hydrogen-bond donors (Lipinski definition) is 4. The highest BCUT2D eigenvalue weighted by atomic mass is 16.7. The van der Waals surface area contributed by atoms with Gasteiger partial charge in [-0.25, -0.2) is 0 Å². The Morgan fingerprint density at radius 2 is 1.24 bits per heavy atom. The second-order valence-corrected chi connectivity index (χ2v) is 12.3. The van der Waals surface area contributed by atoms with Gasteiger partial charge in [-0.2, -0.15) is 0 Å². The molecule has 1 saturated heterocycles. The normalized spacial score (nSPS) is 22.6. The van der Waals surface area contributed by atoms with Gasteiger partial charge in [0.2, 0.25) is 0 Å². The van der Waals surface area contributed by atoms with Crippen molar-refractivity contribution in [3.63, 3.8) is 0 Å². The highest BCUT2D eigenvalue weighted by Crippen LogP contribution is 2.22. The lowest BCUT2D eigenvalue weighted by Crippen LogP contribution is -2.59. The van der Waals surface area contributed by atoms with Crippen LogP contribution in [0.4, 0.5) is 0 Å². The van der Waals surface area contributed by atoms with E-state index in [0.29, 0.717) is 13.0 Å². The Hall–Kier alpha value is -2.37. The summed E-state index contributed by atoms with van der Waals surface area (Å²) in [5.41, 5.74) is 0. The zero-order chi connectivity index (χ0) is 35.8. The molecule has 6 unspecified atom stereocenters. The van der Waals surface area contributed by atoms with Gasteiger partial charge in [0.1, 0.15) is 30.5 Å². The predicted molar refractivity (Wildman–Crippen MR) is 196 cm³/mol. The maximum atomic E-state index is 12.6. The molecule has 6 atom stereocenters. The Morgan fingerprint density at radius 1 is 0.673 bits per heavy atom. The molecule has 1 aliphatic heterocycles. The zero-order valence-electron chi connectivity index (χ0n) is 30.2. The lowest BCUT2D eigenvalue weighted by Gasteiger charge is -2.39. The van der Waals surface area contributed by atoms with Crippen LogP contribution in [0.25, 0.3) is 0 Å². The van der Waals surface area contributed by atoms with E-state index in [1.165, 1.54) is 25.7 Å². The number of aliphatic hydroxyl groups excluding tert-OH is 4. The van der Waals surface area contributed by atoms with Crippen LogP contribution in [0.5, 0.6) is 0 Å². The third kappa shape index (κ3) is 23.6. The maximum absolute atomic E-state index is 12.6. The second kappa shape index (κ2) is 31.6. The summed E-state index contributed by atoms with van der Waals surface area (Å²) in [6.45, 7) is 4.21. The Morgan fingerprint density at radius 3 is 1.86 bits per heavy atom. The van der Waals surface area contributed by atoms with Gasteiger partial charge in [0.05, 0.1) is 26.2 Å². The fraction of sp³-hybridized carbons (Fsp3) is 0.675. The van der Waals surface area contributed by atoms with Crippen LogP contribution in [0.3, 0.4) is 0 Å². The van der Waals surface area contributed by atoms with E-state index in [-0.39, 0.29) is 19.6 Å². The Labute approximate surface area is 296 Å². The van der Waals surface area contributed by atoms with Crippen molar-refractivity contribution < 1.29 is 44.2 Å². The van der Waals surface area contributed by atoms with Gasteiger partial charge in [0.15, 0.2) is 6.29 Å². The Kier molecular flexibility index (Phi) is 28.8. The monoisotopic (exact) mass is 690 g/mol. The molecule has 9 heteroatoms. The first-order valence-corrected chi connectivity index (χ1v) is 18.5. The Bertz CT molecular complexity index is 969. The third-order valence-corrected chi connectivity index (χ3v) is 7.87. The fourth-order valence-electron chi connectivity index (χ4n) is 4.98. The van der Waals surface area contributed by atoms with Gasteiger partial charge >= 0.3 is 5.97 Å². The lowest BCUT2D eigenvalue weighted by atomic mass is 9.99. The predicted octanol–water partition coefficient (Wildman–Crippen LogP) is 6.96. The summed E-state index contributed by atoms with van der Waals surface area (Å²) in [5, 5.41) is 39.9. The van der Waals surface area contributed by atoms with Crippen LogP contribution in [0, 0.1) is 0 Å². The van der Waals surface area contributed by atoms with Crippen LogP contribution in [-0.4, -0.2) is 89.6 Å². The first kappa shape index (κ1) is 44.7. The number of unbranched alkanes of at least 4 members (excludes halogenated alkanes) is 7. The Balaban J connectivity index is 2.44. The number of aliphatic hydroxyl groups is 4. The fourth-order valence-corrected chi connectivity index (χ4v) is 4.98. The van der Waals surface area contributed by atoms with Crippen LogP contribution >= 0.6 is 0 Å². The van der Waals surface area contributed by atoms with Crippen LogP contribution in [0.15, 0.2) is 72.9 Å². The molecule has 0 aromatic rings. The number of rotatable bonds is 29. The molecule has 0 aromatic carbocycles. The molecule has 0 radical (unpaired) electrons. The first-order chi connectivity index (χ1) is 23.9. The number of allylic oxidation sites excluding steroid dienone is 11. The molecular formula is C40H66O9. The second-order valence-electron chi connectivity index (χ2n) is 12.3. The van der Waals surface area contributed by atoms with Crippen LogP contribution in [0.1, 0.15) is 110 Å². The molecule has 1 fully saturated rings. The minimum atomic E-state index is -1.55. The summed E-state index contributed by atoms with van der Waals surface area (Å²) in [6, 6.07) is 0. The van der Waals surface area contributed by atoms with Crippen molar-refractivity contribution in [1.82, 2.24) is 0 Å². The molecule has 0 amide bonds. The third-order valence-electron chi connectivity index (χ3n) is 7.87. The average Bonchev–Trinajstić information content (AvgIpc) is 3.10. The van der Waals surface area contributed by atoms with E-state index in [1.807, 2.05) is 6.08 Å². The summed E-state index contributed by atoms with van der Waals surface area (Å²) in [7, 11) is 0. The number of esters is 1. The van der Waals surface area contributed by atoms with E-state index in [9.17, 15) is 25.2 Å². The molecule has 4 N–H and O–H groups in total. The van der Waals surface area contributed by atoms with Crippen molar-refractivity contribution >= 4 is 5.97 Å². The molecule has 49 heavy (non-hydrogen) atoms. The van der Waals surface area contributed by atoms with Gasteiger partial charge in [-0.05, 0) is 57.8 Å². The zero-order valence-corrected chi connectivity index (χ0v) is 30.2. The van der Waals surface area contributed by atoms with E-state index in [1.54, 1.807) is 6.08 Å². The highest BCUT2D eigenvalue weighted by molar-refractivity contribution is 5.71. The lowest BCUT2D eigenvalue weighted by molar-refractivity contribution is -0.305. The van der Waals surface area contributed by atoms with Gasteiger partial charge in [-0.3, -0.25) is 4.79 Å². The van der Waals surface area contributed by atoms with Crippen LogP contribution < -0.4 is 0 Å². The molecule has 0 spiro atoms. The largest absolute Gasteiger partial charge is 0.457 e. The van der Waals surface area contributed by atoms with Crippen molar-refractivity contribution in [3.8, 4) is 0 Å². The smallest absolute Gasteiger partial charge is 0.310 e. The number of hydrogen-bond acceptors (Lipinski definition) is 9. The minimum absolute atomic E-state index is 0.0818. The summed E-state index contributed by atoms with van der Waals surface area (Å²) in [4.78, 5) is 12.6. The van der Waals surface area contributed by atoms with E-state index in [0.717, 1.165) is 57.8 Å². The van der Waals surface area contributed by atoms with E-state index in [4.69, 9.17) is 18.9 Å². The van der Waals surface area contributed by atoms with Crippen molar-refractivity contribution in [2.45, 2.75) is 147 Å². The molecule has 0 bridgehead atoms. The first-order valence-electron chi connectivity index (χ1n) is 18.5. The minimum Gasteiger partial charge on any atom is -0.457 e. The molecule has 1 heterocycles. The topological polar surface area (TPSA) is 135 Å². The molecule has 9 nitrogen and oxygen atoms in total. The van der Waals surface area contributed by atoms with Crippen LogP contribution in [0.2, 0.25) is 0 Å². The molecule has 0 aliphatic carbocycles. The summed E-state index contributed by atoms with van der Waals surface area (Å²) in [5.74, 6) is -0.447. The number of ether oxygens (including phenoxy) is 4. The molecule has 1 rings (SSSR count). The van der Waals surface area contributed by atoms with E-state index < -0.39 is 49.4 Å². The van der Waals surface area contributed by atoms with Crippen molar-refractivity contribution in [2.24, 2.45) is 0 Å². The summed E-state index contributed by atoms with van der Waals surface area (Å²) >= 11 is 0. The number of carbonyl (C=O) groups is 1. The van der Waals surface area contributed by atoms with Crippen molar-refractivity contribution in [1.29, 1.82) is 0 Å². The van der Waals surface area contributed by atoms with E-state index >= 15 is 0 Å². The molecular weight excluding hydrogens is 624 g/mol. The van der Waals surface area contributed by atoms with Crippen molar-refractivity contribution in [2.75, 3.05) is 26.4 Å². The molecule has 0 saturated carbocycles. The maximum Gasteiger partial charge on any atom is 0.310 e. The molecule has 1 aliphatic rings. The summed E-state index contributed by atoms with van der Waals surface area (Å²) < 4.78 is 22.5. The summed E-state index contributed by atoms with van der Waals surface area (Å²) in [6.07, 6.45) is 32.4. The van der Waals surface area contributed by atoms with E-state index in [2.05, 4.69) is 74.6 Å². The van der Waals surface area contributed by atoms with Crippen LogP contribution in [-0.2, 0) is 23.7 Å². The molecule has 0 aromatic heterocycles. The van der Waals surface area contributed by atoms with Gasteiger partial charge in [0, 0.05) is 6.61 Å². The van der Waals surface area contributed by atoms with Gasteiger partial charge in [-0.1, -0.05) is 119 Å². The van der Waals surface area contributed by atoms with Gasteiger partial charge < -0.3 is 39.4 Å². The average molecular weight is 691 g/mol. The molecule has 280 valence electrons. The van der Waals surface area contributed by atoms with Crippen molar-refractivity contribution in [3.05, 3.63) is 72.9 Å². The van der Waals surface area contributed by atoms with Gasteiger partial charge in [-0.15, -0.1) is 0 Å². The quantitative estimate of drug-likeness (QED) is 0.0373. The SMILES string of the molecule is CC/C=C\C/C=C\C/C=C\C/C=C\C/C=C\CC(=O)OC(COCCCCCCCC/C=C\CCC)COC1OC(CO)C(O)C(O)C1O. The number of carbonyl (C=O) groups excluding carboxylic acids is 1.